The van der Waals surface area contributed by atoms with Crippen molar-refractivity contribution >= 4 is 34.9 Å². The highest BCUT2D eigenvalue weighted by Crippen LogP contribution is 2.29. The molecule has 0 radical (unpaired) electrons. The maximum absolute atomic E-state index is 12.6. The average Bonchev–Trinajstić information content (AvgIpc) is 2.69. The van der Waals surface area contributed by atoms with Crippen LogP contribution in [-0.2, 0) is 4.79 Å². The fraction of sp³-hybridized carbons (Fsp3) is 0.300. The summed E-state index contributed by atoms with van der Waals surface area (Å²) < 4.78 is 5.26. The SMILES string of the molecule is COc1ccc(Cl)cc1NC(=O)C1CCN(C(=O)Nc2ccccc2)CC1. The maximum Gasteiger partial charge on any atom is 0.321 e. The minimum Gasteiger partial charge on any atom is -0.495 e. The van der Waals surface area contributed by atoms with Gasteiger partial charge in [0.2, 0.25) is 5.91 Å². The molecule has 7 heteroatoms. The lowest BCUT2D eigenvalue weighted by Crippen LogP contribution is -2.43. The molecule has 1 aliphatic rings. The summed E-state index contributed by atoms with van der Waals surface area (Å²) in [6.45, 7) is 1.06. The number of ether oxygens (including phenoxy) is 1. The summed E-state index contributed by atoms with van der Waals surface area (Å²) in [7, 11) is 1.54. The molecule has 27 heavy (non-hydrogen) atoms. The Morgan fingerprint density at radius 1 is 1.07 bits per heavy atom. The minimum atomic E-state index is -0.158. The van der Waals surface area contributed by atoms with Crippen molar-refractivity contribution in [2.24, 2.45) is 5.92 Å². The van der Waals surface area contributed by atoms with Gasteiger partial charge in [-0.25, -0.2) is 4.79 Å². The zero-order valence-corrected chi connectivity index (χ0v) is 15.8. The van der Waals surface area contributed by atoms with Crippen LogP contribution in [0.2, 0.25) is 5.02 Å². The normalized spacial score (nSPS) is 14.5. The third-order valence-corrected chi connectivity index (χ3v) is 4.83. The zero-order valence-electron chi connectivity index (χ0n) is 15.1. The summed E-state index contributed by atoms with van der Waals surface area (Å²) in [5.41, 5.74) is 1.31. The number of hydrogen-bond acceptors (Lipinski definition) is 3. The molecule has 0 aromatic heterocycles. The van der Waals surface area contributed by atoms with Crippen molar-refractivity contribution < 1.29 is 14.3 Å². The summed E-state index contributed by atoms with van der Waals surface area (Å²) in [5.74, 6) is 0.320. The van der Waals surface area contributed by atoms with Crippen molar-refractivity contribution in [2.75, 3.05) is 30.8 Å². The first-order chi connectivity index (χ1) is 13.1. The van der Waals surface area contributed by atoms with Crippen LogP contribution in [0, 0.1) is 5.92 Å². The van der Waals surface area contributed by atoms with E-state index in [1.165, 1.54) is 0 Å². The molecular weight excluding hydrogens is 366 g/mol. The Balaban J connectivity index is 1.53. The second-order valence-electron chi connectivity index (χ2n) is 6.39. The van der Waals surface area contributed by atoms with E-state index in [0.717, 1.165) is 5.69 Å². The van der Waals surface area contributed by atoms with E-state index < -0.39 is 0 Å². The predicted octanol–water partition coefficient (Wildman–Crippen LogP) is 4.23. The Morgan fingerprint density at radius 3 is 2.44 bits per heavy atom. The third-order valence-electron chi connectivity index (χ3n) is 4.60. The number of benzene rings is 2. The van der Waals surface area contributed by atoms with Gasteiger partial charge in [0, 0.05) is 29.7 Å². The van der Waals surface area contributed by atoms with Crippen molar-refractivity contribution in [3.05, 3.63) is 53.6 Å². The van der Waals surface area contributed by atoms with E-state index in [1.54, 1.807) is 30.2 Å². The first kappa shape index (κ1) is 19.0. The standard InChI is InChI=1S/C20H22ClN3O3/c1-27-18-8-7-15(21)13-17(18)23-19(25)14-9-11-24(12-10-14)20(26)22-16-5-3-2-4-6-16/h2-8,13-14H,9-12H2,1H3,(H,22,26)(H,23,25). The predicted molar refractivity (Wildman–Crippen MR) is 106 cm³/mol. The Morgan fingerprint density at radius 2 is 1.78 bits per heavy atom. The monoisotopic (exact) mass is 387 g/mol. The second kappa shape index (κ2) is 8.77. The van der Waals surface area contributed by atoms with Gasteiger partial charge in [0.25, 0.3) is 0 Å². The Bertz CT molecular complexity index is 805. The number of anilines is 2. The van der Waals surface area contributed by atoms with Crippen LogP contribution in [0.1, 0.15) is 12.8 Å². The molecule has 3 rings (SSSR count). The first-order valence-corrected chi connectivity index (χ1v) is 9.20. The van der Waals surface area contributed by atoms with Gasteiger partial charge in [0.1, 0.15) is 5.75 Å². The molecule has 0 spiro atoms. The number of rotatable bonds is 4. The number of carbonyl (C=O) groups excluding carboxylic acids is 2. The van der Waals surface area contributed by atoms with Crippen LogP contribution in [0.4, 0.5) is 16.2 Å². The lowest BCUT2D eigenvalue weighted by Gasteiger charge is -2.31. The molecule has 2 N–H and O–H groups in total. The number of nitrogens with one attached hydrogen (secondary N) is 2. The van der Waals surface area contributed by atoms with E-state index >= 15 is 0 Å². The number of urea groups is 1. The molecule has 0 atom stereocenters. The van der Waals surface area contributed by atoms with Crippen molar-refractivity contribution in [3.8, 4) is 5.75 Å². The smallest absolute Gasteiger partial charge is 0.321 e. The van der Waals surface area contributed by atoms with Gasteiger partial charge in [-0.3, -0.25) is 4.79 Å². The lowest BCUT2D eigenvalue weighted by molar-refractivity contribution is -0.121. The van der Waals surface area contributed by atoms with Crippen LogP contribution in [-0.4, -0.2) is 37.0 Å². The molecule has 1 fully saturated rings. The van der Waals surface area contributed by atoms with Crippen LogP contribution in [0.25, 0.3) is 0 Å². The molecule has 0 unspecified atom stereocenters. The molecule has 3 amide bonds. The maximum atomic E-state index is 12.6. The molecule has 1 heterocycles. The van der Waals surface area contributed by atoms with Gasteiger partial charge >= 0.3 is 6.03 Å². The van der Waals surface area contributed by atoms with Crippen molar-refractivity contribution in [2.45, 2.75) is 12.8 Å². The van der Waals surface area contributed by atoms with E-state index in [-0.39, 0.29) is 17.9 Å². The number of halogens is 1. The highest BCUT2D eigenvalue weighted by atomic mass is 35.5. The number of amides is 3. The Hall–Kier alpha value is -2.73. The van der Waals surface area contributed by atoms with Crippen LogP contribution in [0.15, 0.2) is 48.5 Å². The highest BCUT2D eigenvalue weighted by Gasteiger charge is 2.28. The van der Waals surface area contributed by atoms with Crippen LogP contribution >= 0.6 is 11.6 Å². The fourth-order valence-electron chi connectivity index (χ4n) is 3.08. The molecular formula is C20H22ClN3O3. The van der Waals surface area contributed by atoms with Gasteiger partial charge in [-0.1, -0.05) is 29.8 Å². The highest BCUT2D eigenvalue weighted by molar-refractivity contribution is 6.31. The van der Waals surface area contributed by atoms with Crippen molar-refractivity contribution in [1.82, 2.24) is 4.90 Å². The number of hydrogen-bond donors (Lipinski definition) is 2. The molecule has 1 aliphatic heterocycles. The van der Waals surface area contributed by atoms with Crippen molar-refractivity contribution in [1.29, 1.82) is 0 Å². The van der Waals surface area contributed by atoms with Gasteiger partial charge in [0.15, 0.2) is 0 Å². The van der Waals surface area contributed by atoms with Gasteiger partial charge in [0.05, 0.1) is 12.8 Å². The van der Waals surface area contributed by atoms with Crippen LogP contribution in [0.3, 0.4) is 0 Å². The fourth-order valence-corrected chi connectivity index (χ4v) is 3.25. The molecule has 0 bridgehead atoms. The van der Waals surface area contributed by atoms with E-state index in [1.807, 2.05) is 30.3 Å². The number of nitrogens with zero attached hydrogens (tertiary/aromatic N) is 1. The van der Waals surface area contributed by atoms with Crippen LogP contribution in [0.5, 0.6) is 5.75 Å². The lowest BCUT2D eigenvalue weighted by atomic mass is 9.96. The third kappa shape index (κ3) is 4.92. The number of methoxy groups -OCH3 is 1. The summed E-state index contributed by atoms with van der Waals surface area (Å²) in [6.07, 6.45) is 1.22. The molecule has 6 nitrogen and oxygen atoms in total. The van der Waals surface area contributed by atoms with E-state index in [0.29, 0.717) is 42.4 Å². The second-order valence-corrected chi connectivity index (χ2v) is 6.83. The Kier molecular flexibility index (Phi) is 6.19. The number of carbonyl (C=O) groups is 2. The minimum absolute atomic E-state index is 0.0846. The largest absolute Gasteiger partial charge is 0.495 e. The summed E-state index contributed by atoms with van der Waals surface area (Å²) >= 11 is 6.01. The molecule has 0 saturated carbocycles. The first-order valence-electron chi connectivity index (χ1n) is 8.82. The van der Waals surface area contributed by atoms with Crippen molar-refractivity contribution in [3.63, 3.8) is 0 Å². The molecule has 1 saturated heterocycles. The van der Waals surface area contributed by atoms with Gasteiger partial charge in [-0.15, -0.1) is 0 Å². The zero-order chi connectivity index (χ0) is 19.2. The van der Waals surface area contributed by atoms with Gasteiger partial charge < -0.3 is 20.3 Å². The van der Waals surface area contributed by atoms with Gasteiger partial charge in [-0.2, -0.15) is 0 Å². The topological polar surface area (TPSA) is 70.7 Å². The molecule has 0 aliphatic carbocycles. The number of para-hydroxylation sites is 1. The number of likely N-dealkylation sites (tertiary alicyclic amines) is 1. The summed E-state index contributed by atoms with van der Waals surface area (Å²) in [5, 5.41) is 6.29. The molecule has 2 aromatic carbocycles. The average molecular weight is 388 g/mol. The van der Waals surface area contributed by atoms with E-state index in [9.17, 15) is 9.59 Å². The summed E-state index contributed by atoms with van der Waals surface area (Å²) in [6, 6.07) is 14.3. The quantitative estimate of drug-likeness (QED) is 0.824. The van der Waals surface area contributed by atoms with E-state index in [4.69, 9.17) is 16.3 Å². The summed E-state index contributed by atoms with van der Waals surface area (Å²) in [4.78, 5) is 26.7. The molecule has 142 valence electrons. The Labute approximate surface area is 163 Å². The van der Waals surface area contributed by atoms with Gasteiger partial charge in [-0.05, 0) is 43.2 Å². The van der Waals surface area contributed by atoms with E-state index in [2.05, 4.69) is 10.6 Å². The molecule has 2 aromatic rings. The van der Waals surface area contributed by atoms with Crippen LogP contribution < -0.4 is 15.4 Å². The number of piperidine rings is 1.